The molecule has 1 aromatic heterocycles. The summed E-state index contributed by atoms with van der Waals surface area (Å²) in [4.78, 5) is 4.76. The van der Waals surface area contributed by atoms with E-state index < -0.39 is 6.10 Å². The summed E-state index contributed by atoms with van der Waals surface area (Å²) < 4.78 is 21.3. The molecule has 160 valence electrons. The zero-order chi connectivity index (χ0) is 22.0. The van der Waals surface area contributed by atoms with Crippen molar-refractivity contribution >= 4 is 11.0 Å². The summed E-state index contributed by atoms with van der Waals surface area (Å²) in [6, 6.07) is 18.5. The molecule has 0 amide bonds. The molecule has 5 heteroatoms. The second kappa shape index (κ2) is 8.90. The molecule has 0 radical (unpaired) electrons. The summed E-state index contributed by atoms with van der Waals surface area (Å²) in [5.74, 6) is 1.40. The second-order valence-electron chi connectivity index (χ2n) is 8.12. The molecule has 1 atom stereocenters. The highest BCUT2D eigenvalue weighted by atomic mass is 19.1. The van der Waals surface area contributed by atoms with Gasteiger partial charge in [0.05, 0.1) is 17.6 Å². The molecule has 0 aliphatic carbocycles. The van der Waals surface area contributed by atoms with Gasteiger partial charge in [-0.15, -0.1) is 0 Å². The van der Waals surface area contributed by atoms with E-state index in [-0.39, 0.29) is 12.4 Å². The Morgan fingerprint density at radius 3 is 2.39 bits per heavy atom. The summed E-state index contributed by atoms with van der Waals surface area (Å²) in [7, 11) is 0. The largest absolute Gasteiger partial charge is 0.490 e. The molecule has 0 aliphatic heterocycles. The molecule has 3 aromatic carbocycles. The number of benzene rings is 3. The van der Waals surface area contributed by atoms with Gasteiger partial charge in [-0.1, -0.05) is 42.0 Å². The molecule has 0 saturated carbocycles. The van der Waals surface area contributed by atoms with Crippen molar-refractivity contribution in [3.8, 4) is 5.75 Å². The summed E-state index contributed by atoms with van der Waals surface area (Å²) in [5.41, 5.74) is 6.12. The number of rotatable bonds is 7. The molecule has 1 N–H and O–H groups in total. The Morgan fingerprint density at radius 1 is 1.00 bits per heavy atom. The Hall–Kier alpha value is -3.18. The molecule has 0 spiro atoms. The van der Waals surface area contributed by atoms with Gasteiger partial charge in [0.15, 0.2) is 0 Å². The summed E-state index contributed by atoms with van der Waals surface area (Å²) in [6.45, 7) is 6.65. The minimum absolute atomic E-state index is 0.188. The maximum Gasteiger partial charge on any atom is 0.125 e. The number of ether oxygens (including phenoxy) is 1. The average molecular weight is 419 g/mol. The maximum atomic E-state index is 13.3. The third-order valence-electron chi connectivity index (χ3n) is 5.43. The summed E-state index contributed by atoms with van der Waals surface area (Å²) >= 11 is 0. The fourth-order valence-electron chi connectivity index (χ4n) is 4.09. The number of nitrogens with zero attached hydrogens (tertiary/aromatic N) is 2. The highest BCUT2D eigenvalue weighted by Crippen LogP contribution is 2.25. The number of aryl methyl sites for hydroxylation is 3. The van der Waals surface area contributed by atoms with Crippen molar-refractivity contribution in [3.63, 3.8) is 0 Å². The SMILES string of the molecule is Cc1cc(C)c(OCC(O)Cn2c(Cc3ccc(F)cc3)nc3ccccc32)c(C)c1. The van der Waals surface area contributed by atoms with Crippen molar-refractivity contribution in [1.29, 1.82) is 0 Å². The van der Waals surface area contributed by atoms with Gasteiger partial charge in [0.25, 0.3) is 0 Å². The fraction of sp³-hybridized carbons (Fsp3) is 0.269. The zero-order valence-electron chi connectivity index (χ0n) is 18.1. The van der Waals surface area contributed by atoms with Crippen molar-refractivity contribution in [1.82, 2.24) is 9.55 Å². The van der Waals surface area contributed by atoms with Crippen LogP contribution in [0.4, 0.5) is 4.39 Å². The first-order chi connectivity index (χ1) is 14.9. The highest BCUT2D eigenvalue weighted by molar-refractivity contribution is 5.76. The van der Waals surface area contributed by atoms with Crippen LogP contribution in [0.3, 0.4) is 0 Å². The van der Waals surface area contributed by atoms with Crippen LogP contribution < -0.4 is 4.74 Å². The Balaban J connectivity index is 1.55. The van der Waals surface area contributed by atoms with E-state index in [9.17, 15) is 9.50 Å². The minimum atomic E-state index is -0.704. The number of fused-ring (bicyclic) bond motifs is 1. The molecule has 4 nitrogen and oxygen atoms in total. The highest BCUT2D eigenvalue weighted by Gasteiger charge is 2.16. The van der Waals surface area contributed by atoms with Crippen LogP contribution in [0.15, 0.2) is 60.7 Å². The first kappa shape index (κ1) is 21.1. The van der Waals surface area contributed by atoms with Gasteiger partial charge in [-0.3, -0.25) is 0 Å². The van der Waals surface area contributed by atoms with E-state index in [1.165, 1.54) is 17.7 Å². The Kier molecular flexibility index (Phi) is 6.05. The van der Waals surface area contributed by atoms with Crippen molar-refractivity contribution < 1.29 is 14.2 Å². The second-order valence-corrected chi connectivity index (χ2v) is 8.12. The average Bonchev–Trinajstić information content (AvgIpc) is 3.06. The lowest BCUT2D eigenvalue weighted by Crippen LogP contribution is -2.25. The molecule has 0 fully saturated rings. The van der Waals surface area contributed by atoms with E-state index in [4.69, 9.17) is 9.72 Å². The van der Waals surface area contributed by atoms with Crippen LogP contribution in [0.5, 0.6) is 5.75 Å². The number of aromatic nitrogens is 2. The molecule has 31 heavy (non-hydrogen) atoms. The number of aliphatic hydroxyl groups excluding tert-OH is 1. The lowest BCUT2D eigenvalue weighted by Gasteiger charge is -2.18. The fourth-order valence-corrected chi connectivity index (χ4v) is 4.09. The monoisotopic (exact) mass is 418 g/mol. The van der Waals surface area contributed by atoms with Gasteiger partial charge in [0.1, 0.15) is 30.1 Å². The van der Waals surface area contributed by atoms with Gasteiger partial charge >= 0.3 is 0 Å². The van der Waals surface area contributed by atoms with Crippen LogP contribution in [-0.2, 0) is 13.0 Å². The summed E-state index contributed by atoms with van der Waals surface area (Å²) in [6.07, 6.45) is -0.150. The third kappa shape index (κ3) is 4.78. The molecule has 1 unspecified atom stereocenters. The number of hydrogen-bond acceptors (Lipinski definition) is 3. The Labute approximate surface area is 181 Å². The molecule has 0 saturated heterocycles. The van der Waals surface area contributed by atoms with E-state index in [0.29, 0.717) is 13.0 Å². The minimum Gasteiger partial charge on any atom is -0.490 e. The van der Waals surface area contributed by atoms with E-state index in [2.05, 4.69) is 19.1 Å². The van der Waals surface area contributed by atoms with Gasteiger partial charge < -0.3 is 14.4 Å². The van der Waals surface area contributed by atoms with Crippen LogP contribution in [0.2, 0.25) is 0 Å². The number of aliphatic hydroxyl groups is 1. The standard InChI is InChI=1S/C26H27FN2O2/c1-17-12-18(2)26(19(3)13-17)31-16-22(30)15-29-24-7-5-4-6-23(24)28-25(29)14-20-8-10-21(27)11-9-20/h4-13,22,30H,14-16H2,1-3H3. The van der Waals surface area contributed by atoms with Crippen molar-refractivity contribution in [2.45, 2.75) is 39.8 Å². The predicted molar refractivity (Wildman–Crippen MR) is 121 cm³/mol. The van der Waals surface area contributed by atoms with Gasteiger partial charge in [0, 0.05) is 6.42 Å². The number of halogens is 1. The van der Waals surface area contributed by atoms with E-state index in [0.717, 1.165) is 39.3 Å². The lowest BCUT2D eigenvalue weighted by molar-refractivity contribution is 0.0921. The lowest BCUT2D eigenvalue weighted by atomic mass is 10.1. The van der Waals surface area contributed by atoms with Crippen LogP contribution >= 0.6 is 0 Å². The van der Waals surface area contributed by atoms with Crippen molar-refractivity contribution in [2.24, 2.45) is 0 Å². The van der Waals surface area contributed by atoms with Gasteiger partial charge in [-0.25, -0.2) is 9.37 Å². The van der Waals surface area contributed by atoms with E-state index >= 15 is 0 Å². The number of para-hydroxylation sites is 2. The molecule has 0 aliphatic rings. The number of imidazole rings is 1. The van der Waals surface area contributed by atoms with Crippen molar-refractivity contribution in [3.05, 3.63) is 94.6 Å². The molecular weight excluding hydrogens is 391 g/mol. The topological polar surface area (TPSA) is 47.3 Å². The Bertz CT molecular complexity index is 1170. The quantitative estimate of drug-likeness (QED) is 0.453. The predicted octanol–water partition coefficient (Wildman–Crippen LogP) is 5.13. The zero-order valence-corrected chi connectivity index (χ0v) is 18.1. The summed E-state index contributed by atoms with van der Waals surface area (Å²) in [5, 5.41) is 10.8. The van der Waals surface area contributed by atoms with E-state index in [1.54, 1.807) is 12.1 Å². The number of hydrogen-bond donors (Lipinski definition) is 1. The van der Waals surface area contributed by atoms with Crippen LogP contribution in [-0.4, -0.2) is 27.4 Å². The molecule has 0 bridgehead atoms. The van der Waals surface area contributed by atoms with Crippen molar-refractivity contribution in [2.75, 3.05) is 6.61 Å². The first-order valence-corrected chi connectivity index (χ1v) is 10.5. The first-order valence-electron chi connectivity index (χ1n) is 10.5. The molecule has 4 aromatic rings. The maximum absolute atomic E-state index is 13.3. The molecule has 1 heterocycles. The van der Waals surface area contributed by atoms with E-state index in [1.807, 2.05) is 42.7 Å². The van der Waals surface area contributed by atoms with Crippen LogP contribution in [0.25, 0.3) is 11.0 Å². The molecule has 4 rings (SSSR count). The molecular formula is C26H27FN2O2. The third-order valence-corrected chi connectivity index (χ3v) is 5.43. The normalized spacial score (nSPS) is 12.3. The van der Waals surface area contributed by atoms with Gasteiger partial charge in [-0.2, -0.15) is 0 Å². The van der Waals surface area contributed by atoms with Crippen LogP contribution in [0.1, 0.15) is 28.1 Å². The van der Waals surface area contributed by atoms with Gasteiger partial charge in [0.2, 0.25) is 0 Å². The van der Waals surface area contributed by atoms with Gasteiger partial charge in [-0.05, 0) is 61.7 Å². The smallest absolute Gasteiger partial charge is 0.125 e. The van der Waals surface area contributed by atoms with Crippen LogP contribution in [0, 0.1) is 26.6 Å². The Morgan fingerprint density at radius 2 is 1.68 bits per heavy atom.